The summed E-state index contributed by atoms with van der Waals surface area (Å²) in [6.45, 7) is 13.8. The van der Waals surface area contributed by atoms with Crippen LogP contribution in [0.25, 0.3) is 0 Å². The fourth-order valence-electron chi connectivity index (χ4n) is 2.42. The molecule has 0 saturated carbocycles. The summed E-state index contributed by atoms with van der Waals surface area (Å²) in [5.41, 5.74) is 2.95. The van der Waals surface area contributed by atoms with Crippen LogP contribution in [0.1, 0.15) is 53.9 Å². The first kappa shape index (κ1) is 12.4. The van der Waals surface area contributed by atoms with Crippen molar-refractivity contribution in [2.45, 2.75) is 60.0 Å². The van der Waals surface area contributed by atoms with Gasteiger partial charge in [-0.15, -0.1) is 0 Å². The van der Waals surface area contributed by atoms with Crippen LogP contribution in [0, 0.1) is 0 Å². The molecule has 1 aliphatic heterocycles. The highest BCUT2D eigenvalue weighted by Gasteiger charge is 2.29. The molecule has 1 atom stereocenters. The lowest BCUT2D eigenvalue weighted by atomic mass is 10.3. The maximum Gasteiger partial charge on any atom is 0.0982 e. The second-order valence-electron chi connectivity index (χ2n) is 4.54. The zero-order chi connectivity index (χ0) is 11.4. The smallest absolute Gasteiger partial charge is 0.0982 e. The predicted octanol–water partition coefficient (Wildman–Crippen LogP) is 3.41. The number of hydrogen-bond acceptors (Lipinski definition) is 2. The van der Waals surface area contributed by atoms with E-state index in [-0.39, 0.29) is 0 Å². The highest BCUT2D eigenvalue weighted by atomic mass is 15.4. The molecule has 0 bridgehead atoms. The molecule has 0 aromatic carbocycles. The summed E-state index contributed by atoms with van der Waals surface area (Å²) < 4.78 is 0. The Kier molecular flexibility index (Phi) is 4.49. The van der Waals surface area contributed by atoms with Crippen LogP contribution in [0.5, 0.6) is 0 Å². The molecule has 0 radical (unpaired) electrons. The fourth-order valence-corrected chi connectivity index (χ4v) is 2.42. The van der Waals surface area contributed by atoms with Crippen LogP contribution in [0.2, 0.25) is 0 Å². The standard InChI is InChI=1S/C13H26N2/c1-6-8-10-15-12(4)11(3)14(9-7-2)13(15)5/h13H,6-10H2,1-5H3. The van der Waals surface area contributed by atoms with Crippen molar-refractivity contribution in [2.24, 2.45) is 0 Å². The van der Waals surface area contributed by atoms with Gasteiger partial charge in [-0.1, -0.05) is 20.3 Å². The normalized spacial score (nSPS) is 21.8. The summed E-state index contributed by atoms with van der Waals surface area (Å²) in [4.78, 5) is 5.08. The van der Waals surface area contributed by atoms with Crippen molar-refractivity contribution in [2.75, 3.05) is 13.1 Å². The molecule has 1 unspecified atom stereocenters. The highest BCUT2D eigenvalue weighted by molar-refractivity contribution is 5.15. The molecule has 88 valence electrons. The van der Waals surface area contributed by atoms with E-state index in [0.29, 0.717) is 6.17 Å². The maximum absolute atomic E-state index is 2.55. The van der Waals surface area contributed by atoms with E-state index in [9.17, 15) is 0 Å². The van der Waals surface area contributed by atoms with Crippen molar-refractivity contribution in [3.63, 3.8) is 0 Å². The fraction of sp³-hybridized carbons (Fsp3) is 0.846. The molecule has 0 amide bonds. The Morgan fingerprint density at radius 3 is 1.93 bits per heavy atom. The van der Waals surface area contributed by atoms with Crippen molar-refractivity contribution in [3.05, 3.63) is 11.4 Å². The summed E-state index contributed by atoms with van der Waals surface area (Å²) in [5.74, 6) is 0. The summed E-state index contributed by atoms with van der Waals surface area (Å²) in [6, 6.07) is 0. The van der Waals surface area contributed by atoms with E-state index in [1.54, 1.807) is 0 Å². The van der Waals surface area contributed by atoms with E-state index in [1.165, 1.54) is 43.7 Å². The first-order chi connectivity index (χ1) is 7.13. The Balaban J connectivity index is 2.68. The summed E-state index contributed by atoms with van der Waals surface area (Å²) in [7, 11) is 0. The summed E-state index contributed by atoms with van der Waals surface area (Å²) in [5, 5.41) is 0. The van der Waals surface area contributed by atoms with Gasteiger partial charge in [0.15, 0.2) is 0 Å². The predicted molar refractivity (Wildman–Crippen MR) is 66.4 cm³/mol. The van der Waals surface area contributed by atoms with E-state index in [2.05, 4.69) is 44.4 Å². The monoisotopic (exact) mass is 210 g/mol. The Labute approximate surface area is 94.9 Å². The topological polar surface area (TPSA) is 6.48 Å². The third-order valence-corrected chi connectivity index (χ3v) is 3.50. The van der Waals surface area contributed by atoms with Crippen molar-refractivity contribution in [1.29, 1.82) is 0 Å². The highest BCUT2D eigenvalue weighted by Crippen LogP contribution is 2.28. The lowest BCUT2D eigenvalue weighted by molar-refractivity contribution is 0.153. The van der Waals surface area contributed by atoms with Gasteiger partial charge in [-0.2, -0.15) is 0 Å². The van der Waals surface area contributed by atoms with E-state index in [1.807, 2.05) is 0 Å². The Morgan fingerprint density at radius 1 is 0.933 bits per heavy atom. The zero-order valence-electron chi connectivity index (χ0n) is 11.0. The van der Waals surface area contributed by atoms with Gasteiger partial charge < -0.3 is 9.80 Å². The Morgan fingerprint density at radius 2 is 1.47 bits per heavy atom. The molecule has 0 saturated heterocycles. The van der Waals surface area contributed by atoms with Gasteiger partial charge in [-0.3, -0.25) is 0 Å². The molecule has 2 heteroatoms. The van der Waals surface area contributed by atoms with Crippen LogP contribution >= 0.6 is 0 Å². The molecule has 1 aliphatic rings. The largest absolute Gasteiger partial charge is 0.354 e. The number of unbranched alkanes of at least 4 members (excludes halogenated alkanes) is 1. The molecule has 1 rings (SSSR count). The zero-order valence-corrected chi connectivity index (χ0v) is 11.0. The third-order valence-electron chi connectivity index (χ3n) is 3.50. The molecule has 2 nitrogen and oxygen atoms in total. The van der Waals surface area contributed by atoms with Crippen LogP contribution < -0.4 is 0 Å². The minimum Gasteiger partial charge on any atom is -0.354 e. The number of rotatable bonds is 5. The average molecular weight is 210 g/mol. The lowest BCUT2D eigenvalue weighted by Crippen LogP contribution is -2.38. The maximum atomic E-state index is 2.55. The molecule has 1 heterocycles. The van der Waals surface area contributed by atoms with Crippen LogP contribution in [0.3, 0.4) is 0 Å². The first-order valence-electron chi connectivity index (χ1n) is 6.34. The molecular formula is C13H26N2. The SMILES string of the molecule is CCCCN1C(C)=C(C)N(CCC)C1C. The van der Waals surface area contributed by atoms with Crippen LogP contribution in [-0.4, -0.2) is 29.1 Å². The molecular weight excluding hydrogens is 184 g/mol. The van der Waals surface area contributed by atoms with E-state index < -0.39 is 0 Å². The molecule has 0 aliphatic carbocycles. The van der Waals surface area contributed by atoms with Crippen molar-refractivity contribution >= 4 is 0 Å². The Hall–Kier alpha value is -0.660. The molecule has 0 fully saturated rings. The van der Waals surface area contributed by atoms with Crippen LogP contribution in [0.15, 0.2) is 11.4 Å². The van der Waals surface area contributed by atoms with Crippen molar-refractivity contribution in [1.82, 2.24) is 9.80 Å². The molecule has 0 aromatic heterocycles. The molecule has 0 aromatic rings. The van der Waals surface area contributed by atoms with Gasteiger partial charge in [0.1, 0.15) is 0 Å². The van der Waals surface area contributed by atoms with Gasteiger partial charge in [0.2, 0.25) is 0 Å². The summed E-state index contributed by atoms with van der Waals surface area (Å²) in [6.07, 6.45) is 4.38. The quantitative estimate of drug-likeness (QED) is 0.686. The van der Waals surface area contributed by atoms with Gasteiger partial charge in [0.05, 0.1) is 6.17 Å². The second-order valence-corrected chi connectivity index (χ2v) is 4.54. The van der Waals surface area contributed by atoms with Gasteiger partial charge in [0.25, 0.3) is 0 Å². The third kappa shape index (κ3) is 2.47. The van der Waals surface area contributed by atoms with E-state index in [4.69, 9.17) is 0 Å². The number of nitrogens with zero attached hydrogens (tertiary/aromatic N) is 2. The van der Waals surface area contributed by atoms with Crippen molar-refractivity contribution in [3.8, 4) is 0 Å². The van der Waals surface area contributed by atoms with Gasteiger partial charge in [-0.05, 0) is 33.6 Å². The van der Waals surface area contributed by atoms with Crippen LogP contribution in [0.4, 0.5) is 0 Å². The Bertz CT molecular complexity index is 233. The van der Waals surface area contributed by atoms with Gasteiger partial charge >= 0.3 is 0 Å². The second kappa shape index (κ2) is 5.43. The number of allylic oxidation sites excluding steroid dienone is 2. The number of hydrogen-bond donors (Lipinski definition) is 0. The molecule has 0 N–H and O–H groups in total. The van der Waals surface area contributed by atoms with E-state index >= 15 is 0 Å². The average Bonchev–Trinajstić information content (AvgIpc) is 2.42. The minimum atomic E-state index is 0.566. The van der Waals surface area contributed by atoms with E-state index in [0.717, 1.165) is 0 Å². The lowest BCUT2D eigenvalue weighted by Gasteiger charge is -2.31. The van der Waals surface area contributed by atoms with Gasteiger partial charge in [0, 0.05) is 24.5 Å². The van der Waals surface area contributed by atoms with Gasteiger partial charge in [-0.25, -0.2) is 0 Å². The van der Waals surface area contributed by atoms with Crippen LogP contribution in [-0.2, 0) is 0 Å². The minimum absolute atomic E-state index is 0.566. The van der Waals surface area contributed by atoms with Crippen molar-refractivity contribution < 1.29 is 0 Å². The first-order valence-corrected chi connectivity index (χ1v) is 6.34. The summed E-state index contributed by atoms with van der Waals surface area (Å²) >= 11 is 0. The molecule has 0 spiro atoms. The molecule has 15 heavy (non-hydrogen) atoms.